The van der Waals surface area contributed by atoms with Gasteiger partial charge in [0, 0.05) is 36.1 Å². The molecule has 7 heteroatoms. The number of halogens is 1. The Morgan fingerprint density at radius 3 is 2.95 bits per heavy atom. The van der Waals surface area contributed by atoms with Crippen LogP contribution in [0.3, 0.4) is 0 Å². The second kappa shape index (κ2) is 6.90. The number of urea groups is 1. The summed E-state index contributed by atoms with van der Waals surface area (Å²) in [6.07, 6.45) is 2.87. The van der Waals surface area contributed by atoms with E-state index < -0.39 is 0 Å². The lowest BCUT2D eigenvalue weighted by Gasteiger charge is -2.11. The van der Waals surface area contributed by atoms with Gasteiger partial charge in [-0.2, -0.15) is 0 Å². The van der Waals surface area contributed by atoms with Crippen LogP contribution >= 0.6 is 11.6 Å². The van der Waals surface area contributed by atoms with Crippen LogP contribution in [0.25, 0.3) is 0 Å². The first-order valence-corrected chi connectivity index (χ1v) is 6.76. The smallest absolute Gasteiger partial charge is 0.319 e. The lowest BCUT2D eigenvalue weighted by Crippen LogP contribution is -2.33. The van der Waals surface area contributed by atoms with Gasteiger partial charge in [-0.1, -0.05) is 17.7 Å². The van der Waals surface area contributed by atoms with E-state index >= 15 is 0 Å². The van der Waals surface area contributed by atoms with Crippen LogP contribution in [-0.2, 0) is 6.54 Å². The van der Waals surface area contributed by atoms with Crippen molar-refractivity contribution >= 4 is 23.3 Å². The van der Waals surface area contributed by atoms with Crippen LogP contribution in [0.4, 0.5) is 10.5 Å². The van der Waals surface area contributed by atoms with Crippen LogP contribution < -0.4 is 16.2 Å². The van der Waals surface area contributed by atoms with Crippen molar-refractivity contribution in [3.63, 3.8) is 0 Å². The van der Waals surface area contributed by atoms with Crippen LogP contribution in [0.1, 0.15) is 5.56 Å². The van der Waals surface area contributed by atoms with E-state index in [1.807, 2.05) is 6.92 Å². The quantitative estimate of drug-likeness (QED) is 0.907. The van der Waals surface area contributed by atoms with Crippen LogP contribution in [0, 0.1) is 6.92 Å². The number of hydrogen-bond donors (Lipinski definition) is 2. The number of benzene rings is 1. The monoisotopic (exact) mass is 306 g/mol. The maximum atomic E-state index is 11.8. The molecule has 1 heterocycles. The molecule has 0 saturated carbocycles. The molecule has 1 aromatic heterocycles. The predicted octanol–water partition coefficient (Wildman–Crippen LogP) is 2.03. The van der Waals surface area contributed by atoms with Gasteiger partial charge in [0.05, 0.1) is 6.33 Å². The summed E-state index contributed by atoms with van der Waals surface area (Å²) >= 11 is 5.98. The Labute approximate surface area is 126 Å². The molecular formula is C14H15ClN4O2. The molecule has 2 rings (SSSR count). The zero-order chi connectivity index (χ0) is 15.2. The normalized spacial score (nSPS) is 10.2. The third-order valence-electron chi connectivity index (χ3n) is 2.95. The van der Waals surface area contributed by atoms with Crippen molar-refractivity contribution in [3.05, 3.63) is 57.7 Å². The molecule has 110 valence electrons. The fourth-order valence-corrected chi connectivity index (χ4v) is 1.92. The molecule has 0 aliphatic heterocycles. The fourth-order valence-electron chi connectivity index (χ4n) is 1.75. The number of carbonyl (C=O) groups is 1. The van der Waals surface area contributed by atoms with Crippen molar-refractivity contribution in [2.24, 2.45) is 0 Å². The maximum absolute atomic E-state index is 11.8. The number of rotatable bonds is 4. The van der Waals surface area contributed by atoms with E-state index in [4.69, 9.17) is 11.6 Å². The van der Waals surface area contributed by atoms with Gasteiger partial charge in [-0.15, -0.1) is 0 Å². The average Bonchev–Trinajstić information content (AvgIpc) is 2.46. The molecular weight excluding hydrogens is 292 g/mol. The maximum Gasteiger partial charge on any atom is 0.319 e. The summed E-state index contributed by atoms with van der Waals surface area (Å²) in [4.78, 5) is 27.1. The SMILES string of the molecule is Cc1c(Cl)cccc1NC(=O)NCCn1cnccc1=O. The van der Waals surface area contributed by atoms with Gasteiger partial charge in [-0.25, -0.2) is 9.78 Å². The minimum absolute atomic E-state index is 0.155. The van der Waals surface area contributed by atoms with E-state index in [1.165, 1.54) is 23.2 Å². The van der Waals surface area contributed by atoms with E-state index in [0.29, 0.717) is 23.8 Å². The predicted molar refractivity (Wildman–Crippen MR) is 81.7 cm³/mol. The number of anilines is 1. The first-order valence-electron chi connectivity index (χ1n) is 6.38. The molecule has 0 aliphatic rings. The topological polar surface area (TPSA) is 76.0 Å². The first kappa shape index (κ1) is 15.1. The summed E-state index contributed by atoms with van der Waals surface area (Å²) in [6, 6.07) is 6.31. The van der Waals surface area contributed by atoms with Crippen molar-refractivity contribution in [1.82, 2.24) is 14.9 Å². The highest BCUT2D eigenvalue weighted by Crippen LogP contribution is 2.22. The molecule has 2 aromatic rings. The van der Waals surface area contributed by atoms with Crippen molar-refractivity contribution < 1.29 is 4.79 Å². The van der Waals surface area contributed by atoms with Gasteiger partial charge in [-0.3, -0.25) is 9.36 Å². The lowest BCUT2D eigenvalue weighted by atomic mass is 10.2. The molecule has 0 radical (unpaired) electrons. The molecule has 0 bridgehead atoms. The molecule has 1 aromatic carbocycles. The van der Waals surface area contributed by atoms with Gasteiger partial charge in [-0.05, 0) is 24.6 Å². The molecule has 2 N–H and O–H groups in total. The number of carbonyl (C=O) groups excluding carboxylic acids is 1. The van der Waals surface area contributed by atoms with E-state index in [1.54, 1.807) is 18.2 Å². The van der Waals surface area contributed by atoms with E-state index in [-0.39, 0.29) is 11.6 Å². The van der Waals surface area contributed by atoms with Crippen molar-refractivity contribution in [2.45, 2.75) is 13.5 Å². The highest BCUT2D eigenvalue weighted by atomic mass is 35.5. The highest BCUT2D eigenvalue weighted by Gasteiger charge is 2.06. The van der Waals surface area contributed by atoms with Crippen LogP contribution in [0.2, 0.25) is 5.02 Å². The molecule has 2 amide bonds. The molecule has 0 fully saturated rings. The zero-order valence-corrected chi connectivity index (χ0v) is 12.2. The number of hydrogen-bond acceptors (Lipinski definition) is 3. The van der Waals surface area contributed by atoms with Gasteiger partial charge in [0.15, 0.2) is 0 Å². The lowest BCUT2D eigenvalue weighted by molar-refractivity contribution is 0.251. The number of nitrogens with one attached hydrogen (secondary N) is 2. The molecule has 6 nitrogen and oxygen atoms in total. The summed E-state index contributed by atoms with van der Waals surface area (Å²) in [7, 11) is 0. The molecule has 21 heavy (non-hydrogen) atoms. The largest absolute Gasteiger partial charge is 0.336 e. The van der Waals surface area contributed by atoms with Gasteiger partial charge in [0.1, 0.15) is 0 Å². The second-order valence-electron chi connectivity index (χ2n) is 4.41. The van der Waals surface area contributed by atoms with E-state index in [2.05, 4.69) is 15.6 Å². The van der Waals surface area contributed by atoms with E-state index in [0.717, 1.165) is 5.56 Å². The Hall–Kier alpha value is -2.34. The summed E-state index contributed by atoms with van der Waals surface area (Å²) in [5.74, 6) is 0. The number of amides is 2. The first-order chi connectivity index (χ1) is 10.1. The number of nitrogens with zero attached hydrogens (tertiary/aromatic N) is 2. The molecule has 0 aliphatic carbocycles. The standard InChI is InChI=1S/C14H15ClN4O2/c1-10-11(15)3-2-4-12(10)18-14(21)17-7-8-19-9-16-6-5-13(19)20/h2-6,9H,7-8H2,1H3,(H2,17,18,21). The average molecular weight is 307 g/mol. The third-order valence-corrected chi connectivity index (χ3v) is 3.36. The highest BCUT2D eigenvalue weighted by molar-refractivity contribution is 6.31. The van der Waals surface area contributed by atoms with Gasteiger partial charge in [0.2, 0.25) is 0 Å². The minimum atomic E-state index is -0.350. The Morgan fingerprint density at radius 1 is 1.38 bits per heavy atom. The van der Waals surface area contributed by atoms with Crippen LogP contribution in [0.5, 0.6) is 0 Å². The van der Waals surface area contributed by atoms with Gasteiger partial charge in [0.25, 0.3) is 5.56 Å². The summed E-state index contributed by atoms with van der Waals surface area (Å²) < 4.78 is 1.42. The van der Waals surface area contributed by atoms with Crippen molar-refractivity contribution in [3.8, 4) is 0 Å². The van der Waals surface area contributed by atoms with Crippen LogP contribution in [-0.4, -0.2) is 22.1 Å². The number of aromatic nitrogens is 2. The summed E-state index contributed by atoms with van der Waals surface area (Å²) in [5, 5.41) is 5.98. The summed E-state index contributed by atoms with van der Waals surface area (Å²) in [6.45, 7) is 2.50. The summed E-state index contributed by atoms with van der Waals surface area (Å²) in [5.41, 5.74) is 1.30. The third kappa shape index (κ3) is 4.06. The molecule has 0 atom stereocenters. The Kier molecular flexibility index (Phi) is 4.94. The second-order valence-corrected chi connectivity index (χ2v) is 4.81. The Morgan fingerprint density at radius 2 is 2.19 bits per heavy atom. The fraction of sp³-hybridized carbons (Fsp3) is 0.214. The zero-order valence-electron chi connectivity index (χ0n) is 11.5. The van der Waals surface area contributed by atoms with Crippen LogP contribution in [0.15, 0.2) is 41.6 Å². The molecule has 0 saturated heterocycles. The Bertz CT molecular complexity index is 699. The van der Waals surface area contributed by atoms with Crippen molar-refractivity contribution in [1.29, 1.82) is 0 Å². The van der Waals surface area contributed by atoms with E-state index in [9.17, 15) is 9.59 Å². The molecule has 0 unspecified atom stereocenters. The minimum Gasteiger partial charge on any atom is -0.336 e. The Balaban J connectivity index is 1.87. The van der Waals surface area contributed by atoms with Gasteiger partial charge < -0.3 is 10.6 Å². The van der Waals surface area contributed by atoms with Gasteiger partial charge >= 0.3 is 6.03 Å². The molecule has 0 spiro atoms. The van der Waals surface area contributed by atoms with Crippen molar-refractivity contribution in [2.75, 3.05) is 11.9 Å².